The second-order valence-electron chi connectivity index (χ2n) is 4.51. The Morgan fingerprint density at radius 2 is 1.71 bits per heavy atom. The normalized spacial score (nSPS) is 10.0. The fourth-order valence-corrected chi connectivity index (χ4v) is 2.16. The quantitative estimate of drug-likeness (QED) is 0.776. The topological polar surface area (TPSA) is 75.6 Å². The molecule has 0 radical (unpaired) electrons. The van der Waals surface area contributed by atoms with Crippen molar-refractivity contribution in [1.82, 2.24) is 9.97 Å². The Hall–Kier alpha value is -3.19. The molecule has 0 saturated heterocycles. The number of nitriles is 1. The van der Waals surface area contributed by atoms with Crippen molar-refractivity contribution in [3.8, 4) is 28.6 Å². The number of rotatable bonds is 2. The Morgan fingerprint density at radius 1 is 0.952 bits per heavy atom. The van der Waals surface area contributed by atoms with Crippen LogP contribution in [0.15, 0.2) is 60.8 Å². The maximum atomic E-state index is 9.32. The highest BCUT2D eigenvalue weighted by atomic mass is 14.9. The molecule has 0 aliphatic rings. The highest BCUT2D eigenvalue weighted by molar-refractivity contribution is 5.78. The minimum absolute atomic E-state index is 0.222. The number of aromatic nitrogens is 2. The smallest absolute Gasteiger partial charge is 0.142 e. The summed E-state index contributed by atoms with van der Waals surface area (Å²) in [4.78, 5) is 8.63. The SMILES string of the molecule is N#Cc1c(-c2ccccn2)cc(-c2ccccc2)nc1N. The van der Waals surface area contributed by atoms with E-state index in [0.717, 1.165) is 11.3 Å². The summed E-state index contributed by atoms with van der Waals surface area (Å²) in [6, 6.07) is 19.2. The molecule has 3 rings (SSSR count). The molecule has 2 heterocycles. The van der Waals surface area contributed by atoms with E-state index in [1.165, 1.54) is 0 Å². The highest BCUT2D eigenvalue weighted by Crippen LogP contribution is 2.29. The largest absolute Gasteiger partial charge is 0.383 e. The predicted molar refractivity (Wildman–Crippen MR) is 82.0 cm³/mol. The van der Waals surface area contributed by atoms with Crippen molar-refractivity contribution >= 4 is 5.82 Å². The van der Waals surface area contributed by atoms with Gasteiger partial charge < -0.3 is 5.73 Å². The van der Waals surface area contributed by atoms with Crippen LogP contribution < -0.4 is 5.73 Å². The van der Waals surface area contributed by atoms with Gasteiger partial charge in [0.15, 0.2) is 0 Å². The van der Waals surface area contributed by atoms with E-state index < -0.39 is 0 Å². The zero-order valence-corrected chi connectivity index (χ0v) is 11.2. The number of hydrogen-bond donors (Lipinski definition) is 1. The summed E-state index contributed by atoms with van der Waals surface area (Å²) < 4.78 is 0. The molecule has 0 fully saturated rings. The summed E-state index contributed by atoms with van der Waals surface area (Å²) in [5.41, 5.74) is 9.39. The van der Waals surface area contributed by atoms with E-state index in [1.54, 1.807) is 6.20 Å². The maximum Gasteiger partial charge on any atom is 0.142 e. The van der Waals surface area contributed by atoms with Gasteiger partial charge in [0.05, 0.1) is 11.4 Å². The van der Waals surface area contributed by atoms with Crippen molar-refractivity contribution in [2.24, 2.45) is 0 Å². The van der Waals surface area contributed by atoms with Crippen LogP contribution in [0.25, 0.3) is 22.5 Å². The van der Waals surface area contributed by atoms with Crippen LogP contribution in [0, 0.1) is 11.3 Å². The van der Waals surface area contributed by atoms with Gasteiger partial charge in [-0.1, -0.05) is 36.4 Å². The Bertz CT molecular complexity index is 805. The monoisotopic (exact) mass is 272 g/mol. The third kappa shape index (κ3) is 2.45. The standard InChI is InChI=1S/C17H12N4/c18-11-14-13(15-8-4-5-9-20-15)10-16(21-17(14)19)12-6-2-1-3-7-12/h1-10H,(H2,19,21). The van der Waals surface area contributed by atoms with E-state index in [4.69, 9.17) is 5.73 Å². The van der Waals surface area contributed by atoms with Gasteiger partial charge in [-0.05, 0) is 18.2 Å². The van der Waals surface area contributed by atoms with Crippen LogP contribution in [-0.2, 0) is 0 Å². The zero-order chi connectivity index (χ0) is 14.7. The first-order chi connectivity index (χ1) is 10.3. The van der Waals surface area contributed by atoms with Crippen molar-refractivity contribution in [2.45, 2.75) is 0 Å². The molecule has 0 aliphatic carbocycles. The molecule has 0 spiro atoms. The molecule has 2 N–H and O–H groups in total. The molecule has 2 aromatic heterocycles. The number of anilines is 1. The van der Waals surface area contributed by atoms with Crippen LogP contribution in [0.5, 0.6) is 0 Å². The molecular weight excluding hydrogens is 260 g/mol. The molecular formula is C17H12N4. The van der Waals surface area contributed by atoms with Crippen LogP contribution in [0.3, 0.4) is 0 Å². The molecule has 21 heavy (non-hydrogen) atoms. The van der Waals surface area contributed by atoms with Gasteiger partial charge in [-0.25, -0.2) is 4.98 Å². The molecule has 4 nitrogen and oxygen atoms in total. The maximum absolute atomic E-state index is 9.32. The van der Waals surface area contributed by atoms with Gasteiger partial charge in [0.1, 0.15) is 17.5 Å². The molecule has 3 aromatic rings. The van der Waals surface area contributed by atoms with Crippen LogP contribution in [0.1, 0.15) is 5.56 Å². The van der Waals surface area contributed by atoms with Crippen molar-refractivity contribution in [1.29, 1.82) is 5.26 Å². The molecule has 1 aromatic carbocycles. The molecule has 4 heteroatoms. The van der Waals surface area contributed by atoms with Crippen LogP contribution in [0.2, 0.25) is 0 Å². The number of hydrogen-bond acceptors (Lipinski definition) is 4. The van der Waals surface area contributed by atoms with Crippen molar-refractivity contribution in [3.63, 3.8) is 0 Å². The minimum atomic E-state index is 0.222. The Labute approximate surface area is 122 Å². The number of nitrogen functional groups attached to an aromatic ring is 1. The molecule has 0 saturated carbocycles. The molecule has 0 amide bonds. The van der Waals surface area contributed by atoms with E-state index in [9.17, 15) is 5.26 Å². The first-order valence-corrected chi connectivity index (χ1v) is 6.47. The lowest BCUT2D eigenvalue weighted by atomic mass is 10.0. The van der Waals surface area contributed by atoms with Gasteiger partial charge in [0.2, 0.25) is 0 Å². The predicted octanol–water partition coefficient (Wildman–Crippen LogP) is 3.26. The van der Waals surface area contributed by atoms with Crippen molar-refractivity contribution in [3.05, 3.63) is 66.4 Å². The minimum Gasteiger partial charge on any atom is -0.383 e. The summed E-state index contributed by atoms with van der Waals surface area (Å²) in [6.45, 7) is 0. The molecule has 100 valence electrons. The summed E-state index contributed by atoms with van der Waals surface area (Å²) >= 11 is 0. The van der Waals surface area contributed by atoms with E-state index >= 15 is 0 Å². The van der Waals surface area contributed by atoms with Crippen LogP contribution in [0.4, 0.5) is 5.82 Å². The van der Waals surface area contributed by atoms with Gasteiger partial charge in [-0.3, -0.25) is 4.98 Å². The Balaban J connectivity index is 2.24. The third-order valence-corrected chi connectivity index (χ3v) is 3.17. The van der Waals surface area contributed by atoms with Gasteiger partial charge in [0.25, 0.3) is 0 Å². The first kappa shape index (κ1) is 12.8. The zero-order valence-electron chi connectivity index (χ0n) is 11.2. The van der Waals surface area contributed by atoms with E-state index in [1.807, 2.05) is 54.6 Å². The molecule has 0 bridgehead atoms. The molecule has 0 atom stereocenters. The Morgan fingerprint density at radius 3 is 2.38 bits per heavy atom. The van der Waals surface area contributed by atoms with Gasteiger partial charge in [0, 0.05) is 17.3 Å². The lowest BCUT2D eigenvalue weighted by Gasteiger charge is -2.09. The highest BCUT2D eigenvalue weighted by Gasteiger charge is 2.13. The molecule has 0 unspecified atom stereocenters. The number of pyridine rings is 2. The van der Waals surface area contributed by atoms with Gasteiger partial charge in [-0.15, -0.1) is 0 Å². The van der Waals surface area contributed by atoms with Crippen LogP contribution >= 0.6 is 0 Å². The lowest BCUT2D eigenvalue weighted by Crippen LogP contribution is -2.00. The second-order valence-corrected chi connectivity index (χ2v) is 4.51. The summed E-state index contributed by atoms with van der Waals surface area (Å²) in [6.07, 6.45) is 1.69. The summed E-state index contributed by atoms with van der Waals surface area (Å²) in [5.74, 6) is 0.222. The summed E-state index contributed by atoms with van der Waals surface area (Å²) in [5, 5.41) is 9.32. The van der Waals surface area contributed by atoms with Crippen molar-refractivity contribution in [2.75, 3.05) is 5.73 Å². The van der Waals surface area contributed by atoms with Crippen LogP contribution in [-0.4, -0.2) is 9.97 Å². The van der Waals surface area contributed by atoms with E-state index in [2.05, 4.69) is 16.0 Å². The average molecular weight is 272 g/mol. The second kappa shape index (κ2) is 5.43. The number of nitrogens with two attached hydrogens (primary N) is 1. The average Bonchev–Trinajstić information content (AvgIpc) is 2.55. The lowest BCUT2D eigenvalue weighted by molar-refractivity contribution is 1.27. The van der Waals surface area contributed by atoms with Crippen molar-refractivity contribution < 1.29 is 0 Å². The molecule has 0 aliphatic heterocycles. The fraction of sp³-hybridized carbons (Fsp3) is 0. The fourth-order valence-electron chi connectivity index (χ4n) is 2.16. The summed E-state index contributed by atoms with van der Waals surface area (Å²) in [7, 11) is 0. The van der Waals surface area contributed by atoms with Gasteiger partial charge >= 0.3 is 0 Å². The van der Waals surface area contributed by atoms with Gasteiger partial charge in [-0.2, -0.15) is 5.26 Å². The van der Waals surface area contributed by atoms with E-state index in [0.29, 0.717) is 16.8 Å². The third-order valence-electron chi connectivity index (χ3n) is 3.17. The van der Waals surface area contributed by atoms with E-state index in [-0.39, 0.29) is 5.82 Å². The Kier molecular flexibility index (Phi) is 3.32. The number of benzene rings is 1. The number of nitrogens with zero attached hydrogens (tertiary/aromatic N) is 3. The first-order valence-electron chi connectivity index (χ1n) is 6.47.